The van der Waals surface area contributed by atoms with Gasteiger partial charge in [0.2, 0.25) is 0 Å². The highest BCUT2D eigenvalue weighted by molar-refractivity contribution is 7.98. The minimum atomic E-state index is -3.73. The van der Waals surface area contributed by atoms with Crippen molar-refractivity contribution in [1.29, 1.82) is 0 Å². The van der Waals surface area contributed by atoms with Gasteiger partial charge in [-0.25, -0.2) is 13.1 Å². The molecule has 0 aliphatic carbocycles. The molecule has 0 amide bonds. The molecule has 10 heteroatoms. The normalized spacial score (nSPS) is 13.1. The molecular formula is C11H19N3O4S3. The van der Waals surface area contributed by atoms with Crippen LogP contribution in [0.15, 0.2) is 10.3 Å². The first-order chi connectivity index (χ1) is 9.81. The molecule has 0 spiro atoms. The Bertz CT molecular complexity index is 586. The van der Waals surface area contributed by atoms with E-state index in [1.807, 2.05) is 6.26 Å². The highest BCUT2D eigenvalue weighted by atomic mass is 32.2. The van der Waals surface area contributed by atoms with E-state index in [9.17, 15) is 18.5 Å². The van der Waals surface area contributed by atoms with Gasteiger partial charge in [-0.2, -0.15) is 11.8 Å². The summed E-state index contributed by atoms with van der Waals surface area (Å²) in [5.74, 6) is 0.844. The smallest absolute Gasteiger partial charge is 0.304 e. The number of anilines is 1. The van der Waals surface area contributed by atoms with Crippen LogP contribution in [0.3, 0.4) is 0 Å². The van der Waals surface area contributed by atoms with Gasteiger partial charge in [-0.05, 0) is 32.3 Å². The molecule has 0 aliphatic heterocycles. The van der Waals surface area contributed by atoms with Gasteiger partial charge in [0.1, 0.15) is 4.21 Å². The van der Waals surface area contributed by atoms with E-state index in [2.05, 4.69) is 10.0 Å². The topological polar surface area (TPSA) is 101 Å². The van der Waals surface area contributed by atoms with Crippen molar-refractivity contribution >= 4 is 43.8 Å². The van der Waals surface area contributed by atoms with Crippen LogP contribution in [0.5, 0.6) is 0 Å². The molecule has 21 heavy (non-hydrogen) atoms. The first-order valence-electron chi connectivity index (χ1n) is 6.35. The lowest BCUT2D eigenvalue weighted by atomic mass is 10.3. The van der Waals surface area contributed by atoms with Crippen LogP contribution in [-0.4, -0.2) is 37.9 Å². The van der Waals surface area contributed by atoms with E-state index in [0.717, 1.165) is 23.2 Å². The second-order valence-corrected chi connectivity index (χ2v) is 8.35. The summed E-state index contributed by atoms with van der Waals surface area (Å²) in [7, 11) is -3.73. The third-order valence-electron chi connectivity index (χ3n) is 2.60. The molecule has 2 N–H and O–H groups in total. The average Bonchev–Trinajstić information content (AvgIpc) is 2.81. The number of nitrogens with one attached hydrogen (secondary N) is 2. The van der Waals surface area contributed by atoms with Crippen molar-refractivity contribution in [3.05, 3.63) is 16.2 Å². The molecule has 7 nitrogen and oxygen atoms in total. The summed E-state index contributed by atoms with van der Waals surface area (Å²) in [4.78, 5) is 10.4. The molecule has 0 aromatic carbocycles. The Balaban J connectivity index is 2.97. The van der Waals surface area contributed by atoms with Crippen molar-refractivity contribution in [2.45, 2.75) is 30.5 Å². The van der Waals surface area contributed by atoms with Gasteiger partial charge in [-0.15, -0.1) is 0 Å². The van der Waals surface area contributed by atoms with Crippen LogP contribution in [0.2, 0.25) is 0 Å². The SMILES string of the molecule is CCNc1sc(S(=O)(=O)NC(C)CCSC)cc1[N+](=O)[O-]. The monoisotopic (exact) mass is 353 g/mol. The molecule has 0 aliphatic rings. The van der Waals surface area contributed by atoms with Gasteiger partial charge in [0.25, 0.3) is 10.0 Å². The van der Waals surface area contributed by atoms with Crippen LogP contribution in [0.1, 0.15) is 20.3 Å². The number of rotatable bonds is 9. The number of sulfonamides is 1. The van der Waals surface area contributed by atoms with Gasteiger partial charge < -0.3 is 5.32 Å². The van der Waals surface area contributed by atoms with E-state index in [1.165, 1.54) is 0 Å². The molecule has 1 aromatic rings. The first-order valence-corrected chi connectivity index (χ1v) is 10.0. The van der Waals surface area contributed by atoms with Crippen LogP contribution >= 0.6 is 23.1 Å². The summed E-state index contributed by atoms with van der Waals surface area (Å²) in [6, 6.07) is 0.887. The fraction of sp³-hybridized carbons (Fsp3) is 0.636. The second kappa shape index (κ2) is 7.97. The van der Waals surface area contributed by atoms with Gasteiger partial charge in [0, 0.05) is 18.7 Å². The number of thiophene rings is 1. The summed E-state index contributed by atoms with van der Waals surface area (Å²) in [5.41, 5.74) is -0.209. The highest BCUT2D eigenvalue weighted by Gasteiger charge is 2.26. The molecule has 0 saturated heterocycles. The first kappa shape index (κ1) is 18.2. The van der Waals surface area contributed by atoms with E-state index >= 15 is 0 Å². The summed E-state index contributed by atoms with van der Waals surface area (Å²) >= 11 is 2.51. The minimum Gasteiger partial charge on any atom is -0.372 e. The van der Waals surface area contributed by atoms with Gasteiger partial charge in [0.05, 0.1) is 4.92 Å². The zero-order valence-corrected chi connectivity index (χ0v) is 14.5. The molecule has 1 atom stereocenters. The fourth-order valence-corrected chi connectivity index (χ4v) is 4.87. The molecule has 0 fully saturated rings. The number of hydrogen-bond acceptors (Lipinski definition) is 7. The zero-order valence-electron chi connectivity index (χ0n) is 12.1. The predicted molar refractivity (Wildman–Crippen MR) is 87.9 cm³/mol. The van der Waals surface area contributed by atoms with Crippen molar-refractivity contribution < 1.29 is 13.3 Å². The second-order valence-electron chi connectivity index (χ2n) is 4.37. The van der Waals surface area contributed by atoms with Crippen LogP contribution in [0.4, 0.5) is 10.7 Å². The molecule has 0 bridgehead atoms. The largest absolute Gasteiger partial charge is 0.372 e. The predicted octanol–water partition coefficient (Wildman–Crippen LogP) is 2.51. The van der Waals surface area contributed by atoms with Crippen molar-refractivity contribution in [3.8, 4) is 0 Å². The van der Waals surface area contributed by atoms with Crippen molar-refractivity contribution in [2.75, 3.05) is 23.9 Å². The van der Waals surface area contributed by atoms with E-state index in [1.54, 1.807) is 25.6 Å². The van der Waals surface area contributed by atoms with Crippen LogP contribution in [-0.2, 0) is 10.0 Å². The Morgan fingerprint density at radius 1 is 1.52 bits per heavy atom. The van der Waals surface area contributed by atoms with E-state index < -0.39 is 14.9 Å². The summed E-state index contributed by atoms with van der Waals surface area (Å²) in [6.45, 7) is 4.06. The van der Waals surface area contributed by atoms with Crippen molar-refractivity contribution in [3.63, 3.8) is 0 Å². The summed E-state index contributed by atoms with van der Waals surface area (Å²) in [5, 5.41) is 14.0. The number of nitrogens with zero attached hydrogens (tertiary/aromatic N) is 1. The van der Waals surface area contributed by atoms with E-state index in [-0.39, 0.29) is 20.9 Å². The lowest BCUT2D eigenvalue weighted by molar-refractivity contribution is -0.383. The molecule has 120 valence electrons. The van der Waals surface area contributed by atoms with Crippen LogP contribution in [0, 0.1) is 10.1 Å². The molecule has 0 saturated carbocycles. The molecule has 1 heterocycles. The van der Waals surface area contributed by atoms with E-state index in [0.29, 0.717) is 13.0 Å². The third-order valence-corrected chi connectivity index (χ3v) is 6.39. The molecule has 1 rings (SSSR count). The van der Waals surface area contributed by atoms with Crippen molar-refractivity contribution in [2.24, 2.45) is 0 Å². The lowest BCUT2D eigenvalue weighted by Gasteiger charge is -2.12. The maximum absolute atomic E-state index is 12.2. The number of thioether (sulfide) groups is 1. The van der Waals surface area contributed by atoms with Crippen LogP contribution in [0.25, 0.3) is 0 Å². The Morgan fingerprint density at radius 2 is 2.19 bits per heavy atom. The molecule has 1 aromatic heterocycles. The Labute approximate surface area is 132 Å². The molecule has 0 radical (unpaired) electrons. The van der Waals surface area contributed by atoms with Crippen LogP contribution < -0.4 is 10.0 Å². The van der Waals surface area contributed by atoms with Gasteiger partial charge >= 0.3 is 5.69 Å². The van der Waals surface area contributed by atoms with Crippen molar-refractivity contribution in [1.82, 2.24) is 4.72 Å². The molecule has 1 unspecified atom stereocenters. The highest BCUT2D eigenvalue weighted by Crippen LogP contribution is 2.36. The fourth-order valence-electron chi connectivity index (χ4n) is 1.59. The van der Waals surface area contributed by atoms with Gasteiger partial charge in [-0.3, -0.25) is 10.1 Å². The lowest BCUT2D eigenvalue weighted by Crippen LogP contribution is -2.32. The standard InChI is InChI=1S/C11H19N3O4S3/c1-4-12-11-9(14(15)16)7-10(20-11)21(17,18)13-8(2)5-6-19-3/h7-8,12-13H,4-6H2,1-3H3. The van der Waals surface area contributed by atoms with E-state index in [4.69, 9.17) is 0 Å². The Kier molecular flexibility index (Phi) is 6.91. The quantitative estimate of drug-likeness (QED) is 0.522. The van der Waals surface area contributed by atoms with Gasteiger partial charge in [0.15, 0.2) is 5.00 Å². The molecular weight excluding hydrogens is 334 g/mol. The Morgan fingerprint density at radius 3 is 2.71 bits per heavy atom. The number of hydrogen-bond donors (Lipinski definition) is 2. The Hall–Kier alpha value is -0.840. The van der Waals surface area contributed by atoms with Gasteiger partial charge in [-0.1, -0.05) is 11.3 Å². The minimum absolute atomic E-state index is 0.0406. The average molecular weight is 353 g/mol. The maximum Gasteiger partial charge on any atom is 0.304 e. The third kappa shape index (κ3) is 5.13. The number of nitro groups is 1. The zero-order chi connectivity index (χ0) is 16.0. The summed E-state index contributed by atoms with van der Waals surface area (Å²) < 4.78 is 27.0. The summed E-state index contributed by atoms with van der Waals surface area (Å²) in [6.07, 6.45) is 2.65. The maximum atomic E-state index is 12.2.